The predicted molar refractivity (Wildman–Crippen MR) is 80.6 cm³/mol. The fourth-order valence-corrected chi connectivity index (χ4v) is 3.16. The van der Waals surface area contributed by atoms with Gasteiger partial charge in [0, 0.05) is 25.6 Å². The Morgan fingerprint density at radius 3 is 2.81 bits per heavy atom. The minimum absolute atomic E-state index is 0.00896. The molecular formula is C14H15N3O3S. The van der Waals surface area contributed by atoms with Crippen molar-refractivity contribution in [3.63, 3.8) is 0 Å². The zero-order chi connectivity index (χ0) is 14.8. The van der Waals surface area contributed by atoms with Crippen molar-refractivity contribution in [1.29, 1.82) is 0 Å². The molecule has 2 heterocycles. The van der Waals surface area contributed by atoms with Crippen LogP contribution in [0.3, 0.4) is 0 Å². The Balaban J connectivity index is 1.85. The average Bonchev–Trinajstić information content (AvgIpc) is 2.87. The van der Waals surface area contributed by atoms with Crippen LogP contribution in [-0.4, -0.2) is 48.0 Å². The maximum atomic E-state index is 12.4. The number of benzene rings is 1. The van der Waals surface area contributed by atoms with Gasteiger partial charge in [0.05, 0.1) is 23.4 Å². The number of carbonyl (C=O) groups excluding carboxylic acids is 2. The number of fused-ring (bicyclic) bond motifs is 1. The molecule has 1 aromatic heterocycles. The number of hydrogen-bond donors (Lipinski definition) is 1. The van der Waals surface area contributed by atoms with Crippen molar-refractivity contribution < 1.29 is 14.3 Å². The van der Waals surface area contributed by atoms with Crippen LogP contribution in [0.1, 0.15) is 17.3 Å². The number of rotatable bonds is 2. The van der Waals surface area contributed by atoms with Crippen molar-refractivity contribution in [1.82, 2.24) is 9.88 Å². The molecule has 6 nitrogen and oxygen atoms in total. The van der Waals surface area contributed by atoms with Crippen molar-refractivity contribution in [3.8, 4) is 0 Å². The Kier molecular flexibility index (Phi) is 3.85. The number of thiazole rings is 1. The van der Waals surface area contributed by atoms with E-state index < -0.39 is 0 Å². The molecule has 7 heteroatoms. The second-order valence-corrected chi connectivity index (χ2v) is 5.82. The van der Waals surface area contributed by atoms with E-state index in [1.807, 2.05) is 12.1 Å². The molecule has 0 spiro atoms. The minimum atomic E-state index is -0.154. The summed E-state index contributed by atoms with van der Waals surface area (Å²) in [5.74, 6) is -0.145. The Hall–Kier alpha value is -1.99. The third-order valence-corrected chi connectivity index (χ3v) is 4.15. The maximum Gasteiger partial charge on any atom is 0.254 e. The molecule has 1 aliphatic heterocycles. The normalized spacial score (nSPS) is 15.2. The van der Waals surface area contributed by atoms with Crippen LogP contribution in [0, 0.1) is 0 Å². The summed E-state index contributed by atoms with van der Waals surface area (Å²) in [6.45, 7) is 3.86. The van der Waals surface area contributed by atoms with Crippen LogP contribution in [0.2, 0.25) is 0 Å². The molecule has 0 radical (unpaired) electrons. The highest BCUT2D eigenvalue weighted by Crippen LogP contribution is 2.27. The van der Waals surface area contributed by atoms with Gasteiger partial charge in [-0.05, 0) is 18.2 Å². The van der Waals surface area contributed by atoms with E-state index in [1.54, 1.807) is 11.0 Å². The third kappa shape index (κ3) is 3.03. The Morgan fingerprint density at radius 1 is 1.33 bits per heavy atom. The summed E-state index contributed by atoms with van der Waals surface area (Å²) >= 11 is 1.37. The van der Waals surface area contributed by atoms with Crippen molar-refractivity contribution in [3.05, 3.63) is 23.8 Å². The summed E-state index contributed by atoms with van der Waals surface area (Å²) in [4.78, 5) is 29.6. The monoisotopic (exact) mass is 305 g/mol. The van der Waals surface area contributed by atoms with Crippen LogP contribution in [0.4, 0.5) is 5.13 Å². The summed E-state index contributed by atoms with van der Waals surface area (Å²) in [6, 6.07) is 5.42. The van der Waals surface area contributed by atoms with Crippen molar-refractivity contribution >= 4 is 38.5 Å². The number of aromatic nitrogens is 1. The maximum absolute atomic E-state index is 12.4. The van der Waals surface area contributed by atoms with Gasteiger partial charge in [-0.3, -0.25) is 9.59 Å². The molecule has 1 aliphatic rings. The Bertz CT molecular complexity index is 692. The van der Waals surface area contributed by atoms with Gasteiger partial charge in [0.1, 0.15) is 0 Å². The lowest BCUT2D eigenvalue weighted by Crippen LogP contribution is -2.40. The molecule has 0 saturated carbocycles. The van der Waals surface area contributed by atoms with Crippen molar-refractivity contribution in [2.24, 2.45) is 0 Å². The molecule has 2 aromatic rings. The third-order valence-electron chi connectivity index (χ3n) is 3.22. The second kappa shape index (κ2) is 5.79. The predicted octanol–water partition coefficient (Wildman–Crippen LogP) is 1.73. The lowest BCUT2D eigenvalue weighted by atomic mass is 10.2. The van der Waals surface area contributed by atoms with Gasteiger partial charge >= 0.3 is 0 Å². The zero-order valence-corrected chi connectivity index (χ0v) is 12.4. The lowest BCUT2D eigenvalue weighted by Gasteiger charge is -2.26. The number of amides is 2. The molecule has 0 aliphatic carbocycles. The highest BCUT2D eigenvalue weighted by atomic mass is 32.1. The summed E-state index contributed by atoms with van der Waals surface area (Å²) < 4.78 is 6.14. The van der Waals surface area contributed by atoms with Crippen molar-refractivity contribution in [2.75, 3.05) is 31.6 Å². The van der Waals surface area contributed by atoms with E-state index >= 15 is 0 Å². The van der Waals surface area contributed by atoms with E-state index in [2.05, 4.69) is 10.3 Å². The first-order valence-electron chi connectivity index (χ1n) is 6.69. The molecule has 110 valence electrons. The molecule has 21 heavy (non-hydrogen) atoms. The van der Waals surface area contributed by atoms with Crippen LogP contribution in [-0.2, 0) is 9.53 Å². The fourth-order valence-electron chi connectivity index (χ4n) is 2.21. The molecular weight excluding hydrogens is 290 g/mol. The van der Waals surface area contributed by atoms with Gasteiger partial charge in [-0.2, -0.15) is 0 Å². The second-order valence-electron chi connectivity index (χ2n) is 4.79. The molecule has 2 amide bonds. The summed E-state index contributed by atoms with van der Waals surface area (Å²) in [7, 11) is 0. The number of morpholine rings is 1. The van der Waals surface area contributed by atoms with Gasteiger partial charge in [-0.15, -0.1) is 0 Å². The standard InChI is InChI=1S/C14H15N3O3S/c1-9(18)15-14-16-11-3-2-10(8-12(11)21-14)13(19)17-4-6-20-7-5-17/h2-3,8H,4-7H2,1H3,(H,15,16,18). The van der Waals surface area contributed by atoms with E-state index in [-0.39, 0.29) is 11.8 Å². The van der Waals surface area contributed by atoms with Crippen LogP contribution >= 0.6 is 11.3 Å². The number of nitrogens with zero attached hydrogens (tertiary/aromatic N) is 2. The van der Waals surface area contributed by atoms with E-state index in [0.717, 1.165) is 10.2 Å². The Labute approximate surface area is 125 Å². The average molecular weight is 305 g/mol. The summed E-state index contributed by atoms with van der Waals surface area (Å²) in [6.07, 6.45) is 0. The first-order valence-corrected chi connectivity index (χ1v) is 7.50. The smallest absolute Gasteiger partial charge is 0.254 e. The highest BCUT2D eigenvalue weighted by molar-refractivity contribution is 7.22. The van der Waals surface area contributed by atoms with Crippen LogP contribution in [0.5, 0.6) is 0 Å². The quantitative estimate of drug-likeness (QED) is 0.917. The number of carbonyl (C=O) groups is 2. The van der Waals surface area contributed by atoms with Gasteiger partial charge in [0.25, 0.3) is 5.91 Å². The highest BCUT2D eigenvalue weighted by Gasteiger charge is 2.19. The molecule has 0 unspecified atom stereocenters. The summed E-state index contributed by atoms with van der Waals surface area (Å²) in [5.41, 5.74) is 1.42. The van der Waals surface area contributed by atoms with Crippen LogP contribution in [0.25, 0.3) is 10.2 Å². The number of nitrogens with one attached hydrogen (secondary N) is 1. The molecule has 1 saturated heterocycles. The topological polar surface area (TPSA) is 71.5 Å². The van der Waals surface area contributed by atoms with Crippen LogP contribution < -0.4 is 5.32 Å². The number of hydrogen-bond acceptors (Lipinski definition) is 5. The molecule has 3 rings (SSSR count). The molecule has 1 N–H and O–H groups in total. The van der Waals surface area contributed by atoms with Gasteiger partial charge in [-0.25, -0.2) is 4.98 Å². The number of ether oxygens (including phenoxy) is 1. The van der Waals surface area contributed by atoms with Gasteiger partial charge in [-0.1, -0.05) is 11.3 Å². The fraction of sp³-hybridized carbons (Fsp3) is 0.357. The lowest BCUT2D eigenvalue weighted by molar-refractivity contribution is -0.114. The molecule has 1 aromatic carbocycles. The largest absolute Gasteiger partial charge is 0.378 e. The van der Waals surface area contributed by atoms with Crippen molar-refractivity contribution in [2.45, 2.75) is 6.92 Å². The first-order chi connectivity index (χ1) is 10.1. The number of anilines is 1. The van der Waals surface area contributed by atoms with E-state index in [9.17, 15) is 9.59 Å². The first kappa shape index (κ1) is 14.0. The molecule has 0 atom stereocenters. The summed E-state index contributed by atoms with van der Waals surface area (Å²) in [5, 5.41) is 3.21. The van der Waals surface area contributed by atoms with Gasteiger partial charge < -0.3 is 15.0 Å². The zero-order valence-electron chi connectivity index (χ0n) is 11.6. The SMILES string of the molecule is CC(=O)Nc1nc2ccc(C(=O)N3CCOCC3)cc2s1. The molecule has 0 bridgehead atoms. The van der Waals surface area contributed by atoms with E-state index in [4.69, 9.17) is 4.74 Å². The van der Waals surface area contributed by atoms with E-state index in [0.29, 0.717) is 37.0 Å². The Morgan fingerprint density at radius 2 is 2.10 bits per heavy atom. The van der Waals surface area contributed by atoms with E-state index in [1.165, 1.54) is 18.3 Å². The molecule has 1 fully saturated rings. The van der Waals surface area contributed by atoms with Crippen LogP contribution in [0.15, 0.2) is 18.2 Å². The van der Waals surface area contributed by atoms with Gasteiger partial charge in [0.15, 0.2) is 5.13 Å². The minimum Gasteiger partial charge on any atom is -0.378 e. The van der Waals surface area contributed by atoms with Gasteiger partial charge in [0.2, 0.25) is 5.91 Å².